The molecule has 2 saturated heterocycles. The minimum Gasteiger partial charge on any atom is -0.357 e. The summed E-state index contributed by atoms with van der Waals surface area (Å²) in [6, 6.07) is 2.74. The van der Waals surface area contributed by atoms with E-state index in [-0.39, 0.29) is 0 Å². The number of guanidine groups is 1. The van der Waals surface area contributed by atoms with E-state index in [1.165, 1.54) is 37.5 Å². The second kappa shape index (κ2) is 10.3. The van der Waals surface area contributed by atoms with Crippen LogP contribution in [0.3, 0.4) is 0 Å². The molecule has 1 aromatic rings. The molecule has 6 nitrogen and oxygen atoms in total. The Morgan fingerprint density at radius 3 is 2.27 bits per heavy atom. The van der Waals surface area contributed by atoms with E-state index in [4.69, 9.17) is 0 Å². The monoisotopic (exact) mass is 426 g/mol. The Labute approximate surface area is 177 Å². The number of anilines is 1. The number of alkyl halides is 3. The van der Waals surface area contributed by atoms with Gasteiger partial charge in [0, 0.05) is 59.1 Å². The number of piperazine rings is 1. The maximum absolute atomic E-state index is 12.9. The van der Waals surface area contributed by atoms with Gasteiger partial charge in [0.2, 0.25) is 0 Å². The highest BCUT2D eigenvalue weighted by Crippen LogP contribution is 2.25. The molecule has 30 heavy (non-hydrogen) atoms. The highest BCUT2D eigenvalue weighted by Gasteiger charge is 2.41. The topological polar surface area (TPSA) is 47.0 Å². The van der Waals surface area contributed by atoms with E-state index in [1.807, 2.05) is 11.1 Å². The number of aliphatic imine (C=N–C) groups is 1. The second-order valence-electron chi connectivity index (χ2n) is 8.07. The average Bonchev–Trinajstić information content (AvgIpc) is 3.03. The minimum atomic E-state index is -4.19. The summed E-state index contributed by atoms with van der Waals surface area (Å²) in [6.45, 7) is 5.72. The fourth-order valence-corrected chi connectivity index (χ4v) is 4.05. The Balaban J connectivity index is 1.49. The van der Waals surface area contributed by atoms with Crippen LogP contribution in [0.2, 0.25) is 0 Å². The summed E-state index contributed by atoms with van der Waals surface area (Å²) in [6.07, 6.45) is 2.73. The van der Waals surface area contributed by atoms with Gasteiger partial charge in [-0.3, -0.25) is 9.89 Å². The van der Waals surface area contributed by atoms with Gasteiger partial charge in [-0.15, -0.1) is 0 Å². The van der Waals surface area contributed by atoms with Gasteiger partial charge in [-0.2, -0.15) is 13.2 Å². The number of hydrogen-bond donors (Lipinski definition) is 1. The van der Waals surface area contributed by atoms with Crippen molar-refractivity contribution >= 4 is 11.8 Å². The molecule has 168 valence electrons. The predicted octanol–water partition coefficient (Wildman–Crippen LogP) is 3.11. The number of aromatic nitrogens is 1. The molecule has 1 N–H and O–H groups in total. The molecule has 1 unspecified atom stereocenters. The van der Waals surface area contributed by atoms with Crippen molar-refractivity contribution in [2.45, 2.75) is 51.4 Å². The smallest absolute Gasteiger partial charge is 0.357 e. The van der Waals surface area contributed by atoms with Crippen LogP contribution >= 0.6 is 0 Å². The fourth-order valence-electron chi connectivity index (χ4n) is 4.05. The van der Waals surface area contributed by atoms with Crippen molar-refractivity contribution in [3.63, 3.8) is 0 Å². The van der Waals surface area contributed by atoms with E-state index in [2.05, 4.69) is 32.3 Å². The first-order valence-electron chi connectivity index (χ1n) is 10.8. The number of halogens is 3. The number of hydrogen-bond acceptors (Lipinski definition) is 4. The van der Waals surface area contributed by atoms with Gasteiger partial charge in [0.1, 0.15) is 11.9 Å². The van der Waals surface area contributed by atoms with Crippen LogP contribution in [0.25, 0.3) is 0 Å². The molecule has 0 aliphatic carbocycles. The molecule has 2 fully saturated rings. The Morgan fingerprint density at radius 2 is 1.73 bits per heavy atom. The summed E-state index contributed by atoms with van der Waals surface area (Å²) in [5.41, 5.74) is 1.05. The standard InChI is InChI=1S/C21H33F3N6/c1-17(21(22,23)24)28-11-13-30(14-12-28)20(25-2)27-16-18-7-8-19(26-15-18)29-9-5-3-4-6-10-29/h7-8,15,17H,3-6,9-14,16H2,1-2H3,(H,25,27). The third kappa shape index (κ3) is 6.00. The van der Waals surface area contributed by atoms with E-state index in [9.17, 15) is 13.2 Å². The summed E-state index contributed by atoms with van der Waals surface area (Å²) < 4.78 is 38.8. The maximum atomic E-state index is 12.9. The quantitative estimate of drug-likeness (QED) is 0.592. The third-order valence-electron chi connectivity index (χ3n) is 6.04. The van der Waals surface area contributed by atoms with Crippen LogP contribution < -0.4 is 10.2 Å². The maximum Gasteiger partial charge on any atom is 0.403 e. The van der Waals surface area contributed by atoms with Crippen LogP contribution in [-0.4, -0.2) is 79.3 Å². The van der Waals surface area contributed by atoms with E-state index in [1.54, 1.807) is 7.05 Å². The lowest BCUT2D eigenvalue weighted by Crippen LogP contribution is -2.56. The Hall–Kier alpha value is -2.03. The van der Waals surface area contributed by atoms with Crippen molar-refractivity contribution in [2.75, 3.05) is 51.2 Å². The van der Waals surface area contributed by atoms with Crippen molar-refractivity contribution in [3.05, 3.63) is 23.9 Å². The van der Waals surface area contributed by atoms with Crippen molar-refractivity contribution < 1.29 is 13.2 Å². The zero-order valence-corrected chi connectivity index (χ0v) is 18.0. The summed E-state index contributed by atoms with van der Waals surface area (Å²) in [4.78, 5) is 14.8. The zero-order valence-electron chi connectivity index (χ0n) is 18.0. The van der Waals surface area contributed by atoms with Crippen LogP contribution in [0.4, 0.5) is 19.0 Å². The molecule has 9 heteroatoms. The first-order chi connectivity index (χ1) is 14.4. The Kier molecular flexibility index (Phi) is 7.80. The molecule has 2 aliphatic heterocycles. The fraction of sp³-hybridized carbons (Fsp3) is 0.714. The molecule has 0 spiro atoms. The molecule has 0 radical (unpaired) electrons. The number of pyridine rings is 1. The van der Waals surface area contributed by atoms with Gasteiger partial charge >= 0.3 is 6.18 Å². The summed E-state index contributed by atoms with van der Waals surface area (Å²) in [5, 5.41) is 3.32. The molecule has 3 heterocycles. The lowest BCUT2D eigenvalue weighted by molar-refractivity contribution is -0.181. The molecule has 0 saturated carbocycles. The molecule has 1 aromatic heterocycles. The molecule has 1 atom stereocenters. The Morgan fingerprint density at radius 1 is 1.07 bits per heavy atom. The van der Waals surface area contributed by atoms with Crippen LogP contribution in [-0.2, 0) is 6.54 Å². The van der Waals surface area contributed by atoms with E-state index < -0.39 is 12.2 Å². The number of nitrogens with zero attached hydrogens (tertiary/aromatic N) is 5. The van der Waals surface area contributed by atoms with Crippen molar-refractivity contribution in [3.8, 4) is 0 Å². The van der Waals surface area contributed by atoms with Crippen LogP contribution in [0.1, 0.15) is 38.2 Å². The van der Waals surface area contributed by atoms with Gasteiger partial charge < -0.3 is 15.1 Å². The van der Waals surface area contributed by atoms with Gasteiger partial charge in [-0.05, 0) is 31.4 Å². The predicted molar refractivity (Wildman–Crippen MR) is 114 cm³/mol. The lowest BCUT2D eigenvalue weighted by Gasteiger charge is -2.39. The minimum absolute atomic E-state index is 0.369. The average molecular weight is 427 g/mol. The SMILES string of the molecule is CN=C(NCc1ccc(N2CCCCCC2)nc1)N1CCN(C(C)C(F)(F)F)CC1. The first kappa shape index (κ1) is 22.7. The van der Waals surface area contributed by atoms with Gasteiger partial charge in [0.15, 0.2) is 5.96 Å². The van der Waals surface area contributed by atoms with E-state index >= 15 is 0 Å². The molecular weight excluding hydrogens is 393 g/mol. The van der Waals surface area contributed by atoms with E-state index in [0.29, 0.717) is 38.7 Å². The molecule has 0 bridgehead atoms. The van der Waals surface area contributed by atoms with Crippen LogP contribution in [0, 0.1) is 0 Å². The van der Waals surface area contributed by atoms with Crippen LogP contribution in [0.15, 0.2) is 23.3 Å². The number of rotatable bonds is 4. The van der Waals surface area contributed by atoms with Gasteiger partial charge in [0.25, 0.3) is 0 Å². The number of nitrogens with one attached hydrogen (secondary N) is 1. The normalized spacial score (nSPS) is 20.8. The van der Waals surface area contributed by atoms with E-state index in [0.717, 1.165) is 24.5 Å². The highest BCUT2D eigenvalue weighted by atomic mass is 19.4. The van der Waals surface area contributed by atoms with Gasteiger partial charge in [0.05, 0.1) is 0 Å². The largest absolute Gasteiger partial charge is 0.403 e. The van der Waals surface area contributed by atoms with Crippen molar-refractivity contribution in [1.29, 1.82) is 0 Å². The summed E-state index contributed by atoms with van der Waals surface area (Å²) in [7, 11) is 1.70. The highest BCUT2D eigenvalue weighted by molar-refractivity contribution is 5.80. The summed E-state index contributed by atoms with van der Waals surface area (Å²) >= 11 is 0. The zero-order chi connectivity index (χ0) is 21.6. The van der Waals surface area contributed by atoms with Gasteiger partial charge in [-0.1, -0.05) is 18.9 Å². The summed E-state index contributed by atoms with van der Waals surface area (Å²) in [5.74, 6) is 1.74. The van der Waals surface area contributed by atoms with Gasteiger partial charge in [-0.25, -0.2) is 4.98 Å². The molecular formula is C21H33F3N6. The molecule has 3 rings (SSSR count). The molecule has 2 aliphatic rings. The Bertz CT molecular complexity index is 675. The second-order valence-corrected chi connectivity index (χ2v) is 8.07. The van der Waals surface area contributed by atoms with Crippen molar-refractivity contribution in [2.24, 2.45) is 4.99 Å². The lowest BCUT2D eigenvalue weighted by atomic mass is 10.2. The van der Waals surface area contributed by atoms with Crippen LogP contribution in [0.5, 0.6) is 0 Å². The first-order valence-corrected chi connectivity index (χ1v) is 10.8. The molecule has 0 aromatic carbocycles. The molecule has 0 amide bonds. The van der Waals surface area contributed by atoms with Crippen molar-refractivity contribution in [1.82, 2.24) is 20.1 Å². The third-order valence-corrected chi connectivity index (χ3v) is 6.04.